The Morgan fingerprint density at radius 1 is 0.257 bits per heavy atom. The third kappa shape index (κ3) is 79.9. The number of rotatable bonds is 84. The van der Waals surface area contributed by atoms with Gasteiger partial charge in [0.15, 0.2) is 12.2 Å². The van der Waals surface area contributed by atoms with Crippen molar-refractivity contribution in [2.45, 2.75) is 471 Å². The van der Waals surface area contributed by atoms with Gasteiger partial charge in [0.25, 0.3) is 0 Å². The molecular weight excluding hydrogens is 1370 g/mol. The number of unbranched alkanes of at least 4 members (excludes halogenated alkanes) is 52. The summed E-state index contributed by atoms with van der Waals surface area (Å²) in [7, 11) is -9.93. The largest absolute Gasteiger partial charge is 0.472 e. The number of carbonyl (C=O) groups excluding carboxylic acids is 4. The van der Waals surface area contributed by atoms with Gasteiger partial charge in [-0.25, -0.2) is 9.13 Å². The van der Waals surface area contributed by atoms with Crippen LogP contribution in [0.15, 0.2) is 0 Å². The lowest BCUT2D eigenvalue weighted by Gasteiger charge is -2.21. The van der Waals surface area contributed by atoms with Gasteiger partial charge < -0.3 is 33.8 Å². The van der Waals surface area contributed by atoms with E-state index in [-0.39, 0.29) is 25.7 Å². The summed E-state index contributed by atoms with van der Waals surface area (Å²) in [5, 5.41) is 10.7. The molecule has 0 amide bonds. The van der Waals surface area contributed by atoms with E-state index in [0.717, 1.165) is 108 Å². The first kappa shape index (κ1) is 103. The summed E-state index contributed by atoms with van der Waals surface area (Å²) in [6, 6.07) is 0. The van der Waals surface area contributed by atoms with Gasteiger partial charge in [0.1, 0.15) is 19.3 Å². The lowest BCUT2D eigenvalue weighted by molar-refractivity contribution is -0.161. The number of phosphoric ester groups is 2. The zero-order chi connectivity index (χ0) is 77.2. The van der Waals surface area contributed by atoms with Crippen molar-refractivity contribution in [2.24, 2.45) is 17.8 Å². The fourth-order valence-corrected chi connectivity index (χ4v) is 14.9. The Labute approximate surface area is 645 Å². The number of esters is 4. The van der Waals surface area contributed by atoms with E-state index in [9.17, 15) is 43.2 Å². The molecule has 5 atom stereocenters. The van der Waals surface area contributed by atoms with Crippen LogP contribution in [0.2, 0.25) is 0 Å². The van der Waals surface area contributed by atoms with E-state index in [1.807, 2.05) is 0 Å². The Morgan fingerprint density at radius 2 is 0.438 bits per heavy atom. The van der Waals surface area contributed by atoms with Gasteiger partial charge in [-0.15, -0.1) is 0 Å². The maximum Gasteiger partial charge on any atom is 0.472 e. The summed E-state index contributed by atoms with van der Waals surface area (Å²) in [5.41, 5.74) is 0. The summed E-state index contributed by atoms with van der Waals surface area (Å²) in [5.74, 6) is 0.260. The lowest BCUT2D eigenvalue weighted by atomic mass is 10.0. The Morgan fingerprint density at radius 3 is 0.648 bits per heavy atom. The Hall–Kier alpha value is -1.94. The second kappa shape index (κ2) is 76.1. The number of aliphatic hydroxyl groups excluding tert-OH is 1. The maximum absolute atomic E-state index is 13.1. The van der Waals surface area contributed by atoms with E-state index in [1.165, 1.54) is 263 Å². The molecule has 0 aromatic rings. The molecule has 0 heterocycles. The van der Waals surface area contributed by atoms with Gasteiger partial charge in [-0.3, -0.25) is 37.3 Å². The average Bonchev–Trinajstić information content (AvgIpc) is 0.928. The van der Waals surface area contributed by atoms with Crippen LogP contribution in [-0.2, 0) is 65.4 Å². The molecule has 0 saturated carbocycles. The first-order valence-corrected chi connectivity index (χ1v) is 47.3. The van der Waals surface area contributed by atoms with Gasteiger partial charge in [0, 0.05) is 25.7 Å². The Balaban J connectivity index is 5.25. The van der Waals surface area contributed by atoms with Crippen LogP contribution in [-0.4, -0.2) is 96.7 Å². The third-order valence-corrected chi connectivity index (χ3v) is 22.0. The Bertz CT molecular complexity index is 2030. The predicted octanol–water partition coefficient (Wildman–Crippen LogP) is 26.1. The molecule has 105 heavy (non-hydrogen) atoms. The van der Waals surface area contributed by atoms with E-state index in [1.54, 1.807) is 0 Å². The number of hydrogen-bond donors (Lipinski definition) is 3. The van der Waals surface area contributed by atoms with Gasteiger partial charge in [-0.05, 0) is 43.4 Å². The van der Waals surface area contributed by atoms with Crippen LogP contribution < -0.4 is 0 Å². The van der Waals surface area contributed by atoms with Crippen LogP contribution in [0.1, 0.15) is 453 Å². The first-order valence-electron chi connectivity index (χ1n) is 44.3. The van der Waals surface area contributed by atoms with Gasteiger partial charge in [-0.2, -0.15) is 0 Å². The molecule has 17 nitrogen and oxygen atoms in total. The molecule has 0 aromatic carbocycles. The van der Waals surface area contributed by atoms with Crippen LogP contribution in [0.25, 0.3) is 0 Å². The molecule has 0 radical (unpaired) electrons. The SMILES string of the molecule is CCCCCCCCCCCCCCCCCC(=O)O[C@H](COC(=O)CCCCCCCCCCCC(C)C)COP(=O)(O)OC[C@H](O)COP(=O)(O)OC[C@@H](COC(=O)CCCCCCCCCCCCCCCCC(C)C)OC(=O)CCCCCCCCCCCCCCCCCCCCC(C)C. The summed E-state index contributed by atoms with van der Waals surface area (Å²) >= 11 is 0. The van der Waals surface area contributed by atoms with Crippen molar-refractivity contribution in [1.29, 1.82) is 0 Å². The van der Waals surface area contributed by atoms with E-state index < -0.39 is 97.5 Å². The van der Waals surface area contributed by atoms with Crippen LogP contribution in [0, 0.1) is 17.8 Å². The zero-order valence-corrected chi connectivity index (χ0v) is 71.0. The minimum Gasteiger partial charge on any atom is -0.462 e. The van der Waals surface area contributed by atoms with Crippen molar-refractivity contribution in [3.8, 4) is 0 Å². The van der Waals surface area contributed by atoms with Crippen molar-refractivity contribution in [1.82, 2.24) is 0 Å². The predicted molar refractivity (Wildman–Crippen MR) is 432 cm³/mol. The zero-order valence-electron chi connectivity index (χ0n) is 69.2. The molecule has 0 bridgehead atoms. The molecule has 0 aliphatic rings. The second-order valence-corrected chi connectivity index (χ2v) is 35.3. The van der Waals surface area contributed by atoms with Crippen LogP contribution in [0.4, 0.5) is 0 Å². The van der Waals surface area contributed by atoms with Gasteiger partial charge in [0.2, 0.25) is 0 Å². The molecule has 0 spiro atoms. The van der Waals surface area contributed by atoms with Crippen molar-refractivity contribution in [3.05, 3.63) is 0 Å². The van der Waals surface area contributed by atoms with Crippen molar-refractivity contribution in [3.63, 3.8) is 0 Å². The molecule has 0 aromatic heterocycles. The molecule has 0 saturated heterocycles. The summed E-state index contributed by atoms with van der Waals surface area (Å²) < 4.78 is 68.9. The topological polar surface area (TPSA) is 237 Å². The van der Waals surface area contributed by atoms with E-state index >= 15 is 0 Å². The summed E-state index contributed by atoms with van der Waals surface area (Å²) in [6.07, 6.45) is 66.6. The standard InChI is InChI=1S/C86H168O17P2/c1-8-9-10-11-12-13-14-15-20-28-33-40-48-55-62-69-85(90)103-82(74-97-84(89)68-61-54-47-42-35-38-45-52-59-66-79(6)7)76-101-105(94,95)99-72-80(87)71-98-104(92,93)100-75-81(73-96-83(88)67-60-53-46-39-32-27-24-23-26-31-37-44-51-58-65-78(4)5)102-86(91)70-63-56-49-41-34-29-22-19-17-16-18-21-25-30-36-43-50-57-64-77(2)3/h77-82,87H,8-76H2,1-7H3,(H,92,93)(H,94,95)/t80-,81-,82-/m1/s1. The molecular formula is C86H168O17P2. The van der Waals surface area contributed by atoms with E-state index in [0.29, 0.717) is 25.7 Å². The quantitative estimate of drug-likeness (QED) is 0.0222. The normalized spacial score (nSPS) is 13.9. The first-order chi connectivity index (χ1) is 50.7. The minimum atomic E-state index is -4.97. The van der Waals surface area contributed by atoms with Crippen LogP contribution in [0.3, 0.4) is 0 Å². The molecule has 2 unspecified atom stereocenters. The molecule has 0 aliphatic heterocycles. The highest BCUT2D eigenvalue weighted by atomic mass is 31.2. The lowest BCUT2D eigenvalue weighted by Crippen LogP contribution is -2.30. The third-order valence-electron chi connectivity index (χ3n) is 20.1. The van der Waals surface area contributed by atoms with E-state index in [4.69, 9.17) is 37.0 Å². The van der Waals surface area contributed by atoms with Crippen molar-refractivity contribution >= 4 is 39.5 Å². The van der Waals surface area contributed by atoms with Crippen molar-refractivity contribution in [2.75, 3.05) is 39.6 Å². The molecule has 19 heteroatoms. The minimum absolute atomic E-state index is 0.108. The highest BCUT2D eigenvalue weighted by Gasteiger charge is 2.30. The fourth-order valence-electron chi connectivity index (χ4n) is 13.4. The molecule has 3 N–H and O–H groups in total. The highest BCUT2D eigenvalue weighted by Crippen LogP contribution is 2.45. The second-order valence-electron chi connectivity index (χ2n) is 32.4. The fraction of sp³-hybridized carbons (Fsp3) is 0.953. The van der Waals surface area contributed by atoms with Crippen molar-refractivity contribution < 1.29 is 80.2 Å². The van der Waals surface area contributed by atoms with Gasteiger partial charge >= 0.3 is 39.5 Å². The number of carbonyl (C=O) groups is 4. The summed E-state index contributed by atoms with van der Waals surface area (Å²) in [4.78, 5) is 73.2. The van der Waals surface area contributed by atoms with Gasteiger partial charge in [-0.1, -0.05) is 402 Å². The van der Waals surface area contributed by atoms with Gasteiger partial charge in [0.05, 0.1) is 26.4 Å². The van der Waals surface area contributed by atoms with Crippen LogP contribution >= 0.6 is 15.6 Å². The molecule has 0 aliphatic carbocycles. The van der Waals surface area contributed by atoms with E-state index in [2.05, 4.69) is 48.5 Å². The summed E-state index contributed by atoms with van der Waals surface area (Å²) in [6.45, 7) is 12.0. The molecule has 0 fully saturated rings. The molecule has 624 valence electrons. The molecule has 0 rings (SSSR count). The highest BCUT2D eigenvalue weighted by molar-refractivity contribution is 7.47. The maximum atomic E-state index is 13.1. The number of hydrogen-bond acceptors (Lipinski definition) is 15. The Kier molecular flexibility index (Phi) is 74.7. The monoisotopic (exact) mass is 1540 g/mol. The smallest absolute Gasteiger partial charge is 0.462 e. The number of phosphoric acid groups is 2. The number of ether oxygens (including phenoxy) is 4. The van der Waals surface area contributed by atoms with Crippen LogP contribution in [0.5, 0.6) is 0 Å². The average molecular weight is 1540 g/mol. The number of aliphatic hydroxyl groups is 1.